The molecule has 2 aliphatic heterocycles. The van der Waals surface area contributed by atoms with Crippen LogP contribution in [-0.4, -0.2) is 76.7 Å². The van der Waals surface area contributed by atoms with Crippen molar-refractivity contribution in [1.82, 2.24) is 29.7 Å². The number of pyridine rings is 1. The topological polar surface area (TPSA) is 69.5 Å². The summed E-state index contributed by atoms with van der Waals surface area (Å²) in [6, 6.07) is 4.35. The number of hydrogen-bond acceptors (Lipinski definition) is 5. The fraction of sp³-hybridized carbons (Fsp3) is 0.571. The smallest absolute Gasteiger partial charge is 0.317 e. The van der Waals surface area contributed by atoms with E-state index in [1.54, 1.807) is 6.20 Å². The van der Waals surface area contributed by atoms with Gasteiger partial charge in [-0.2, -0.15) is 0 Å². The van der Waals surface area contributed by atoms with Gasteiger partial charge in [0, 0.05) is 64.4 Å². The molecule has 0 saturated carbocycles. The zero-order chi connectivity index (χ0) is 20.2. The van der Waals surface area contributed by atoms with E-state index in [-0.39, 0.29) is 12.1 Å². The lowest BCUT2D eigenvalue weighted by Gasteiger charge is -2.37. The molecule has 2 aliphatic rings. The number of likely N-dealkylation sites (tertiary alicyclic amines) is 1. The van der Waals surface area contributed by atoms with Crippen LogP contribution in [-0.2, 0) is 6.54 Å². The van der Waals surface area contributed by atoms with Gasteiger partial charge in [-0.25, -0.2) is 14.8 Å². The Hall–Kier alpha value is -2.61. The van der Waals surface area contributed by atoms with Crippen LogP contribution < -0.4 is 10.2 Å². The zero-order valence-corrected chi connectivity index (χ0v) is 17.4. The summed E-state index contributed by atoms with van der Waals surface area (Å²) in [6.45, 7) is 8.35. The summed E-state index contributed by atoms with van der Waals surface area (Å²) in [6.07, 6.45) is 8.47. The van der Waals surface area contributed by atoms with Gasteiger partial charge in [0.1, 0.15) is 5.82 Å². The average molecular weight is 398 g/mol. The summed E-state index contributed by atoms with van der Waals surface area (Å²) >= 11 is 0. The highest BCUT2D eigenvalue weighted by Crippen LogP contribution is 2.27. The van der Waals surface area contributed by atoms with Gasteiger partial charge in [-0.1, -0.05) is 6.92 Å². The molecule has 0 aromatic carbocycles. The van der Waals surface area contributed by atoms with Crippen molar-refractivity contribution in [3.63, 3.8) is 0 Å². The second kappa shape index (κ2) is 8.82. The van der Waals surface area contributed by atoms with Crippen LogP contribution >= 0.6 is 0 Å². The number of amides is 2. The molecule has 0 aliphatic carbocycles. The molecule has 156 valence electrons. The maximum Gasteiger partial charge on any atom is 0.317 e. The number of aromatic nitrogens is 3. The third-order valence-corrected chi connectivity index (χ3v) is 6.19. The molecule has 0 radical (unpaired) electrons. The van der Waals surface area contributed by atoms with E-state index in [0.29, 0.717) is 19.0 Å². The number of hydrogen-bond donors (Lipinski definition) is 1. The molecule has 2 saturated heterocycles. The van der Waals surface area contributed by atoms with Crippen LogP contribution in [0.3, 0.4) is 0 Å². The lowest BCUT2D eigenvalue weighted by atomic mass is 9.93. The number of anilines is 1. The average Bonchev–Trinajstić information content (AvgIpc) is 3.28. The summed E-state index contributed by atoms with van der Waals surface area (Å²) < 4.78 is 2.12. The molecular weight excluding hydrogens is 366 g/mol. The Kier molecular flexibility index (Phi) is 5.99. The zero-order valence-electron chi connectivity index (χ0n) is 17.4. The van der Waals surface area contributed by atoms with Gasteiger partial charge < -0.3 is 24.6 Å². The van der Waals surface area contributed by atoms with E-state index < -0.39 is 0 Å². The SMILES string of the molecule is CC1CCN(C(=O)NCc2ccnc(N3CCN(C)CC3)c2)CC1n1ccnc1. The number of nitrogens with zero attached hydrogens (tertiary/aromatic N) is 6. The van der Waals surface area contributed by atoms with Gasteiger partial charge >= 0.3 is 6.03 Å². The summed E-state index contributed by atoms with van der Waals surface area (Å²) in [5.74, 6) is 1.52. The third kappa shape index (κ3) is 4.70. The first-order valence-corrected chi connectivity index (χ1v) is 10.5. The van der Waals surface area contributed by atoms with E-state index in [1.165, 1.54) is 0 Å². The molecular formula is C21H31N7O. The van der Waals surface area contributed by atoms with E-state index in [1.807, 2.05) is 29.7 Å². The van der Waals surface area contributed by atoms with Crippen LogP contribution in [0.1, 0.15) is 24.9 Å². The molecule has 4 heterocycles. The monoisotopic (exact) mass is 397 g/mol. The van der Waals surface area contributed by atoms with E-state index in [2.05, 4.69) is 49.7 Å². The molecule has 2 atom stereocenters. The summed E-state index contributed by atoms with van der Waals surface area (Å²) in [4.78, 5) is 28.0. The van der Waals surface area contributed by atoms with Crippen molar-refractivity contribution in [2.45, 2.75) is 25.9 Å². The number of nitrogens with one attached hydrogen (secondary N) is 1. The largest absolute Gasteiger partial charge is 0.354 e. The van der Waals surface area contributed by atoms with Crippen molar-refractivity contribution in [3.8, 4) is 0 Å². The first-order chi connectivity index (χ1) is 14.1. The molecule has 0 bridgehead atoms. The van der Waals surface area contributed by atoms with E-state index in [0.717, 1.165) is 50.5 Å². The van der Waals surface area contributed by atoms with Gasteiger partial charge in [0.05, 0.1) is 12.4 Å². The Morgan fingerprint density at radius 2 is 2.03 bits per heavy atom. The third-order valence-electron chi connectivity index (χ3n) is 6.19. The Morgan fingerprint density at radius 1 is 1.21 bits per heavy atom. The molecule has 2 amide bonds. The normalized spacial score (nSPS) is 23.2. The van der Waals surface area contributed by atoms with Crippen molar-refractivity contribution >= 4 is 11.8 Å². The van der Waals surface area contributed by atoms with Crippen molar-refractivity contribution in [3.05, 3.63) is 42.6 Å². The van der Waals surface area contributed by atoms with Crippen molar-refractivity contribution in [2.75, 3.05) is 51.2 Å². The predicted molar refractivity (Wildman–Crippen MR) is 113 cm³/mol. The number of carbonyl (C=O) groups is 1. The number of carbonyl (C=O) groups excluding carboxylic acids is 1. The molecule has 2 unspecified atom stereocenters. The molecule has 2 aromatic heterocycles. The lowest BCUT2D eigenvalue weighted by Crippen LogP contribution is -2.47. The fourth-order valence-electron chi connectivity index (χ4n) is 4.16. The summed E-state index contributed by atoms with van der Waals surface area (Å²) in [7, 11) is 2.15. The second-order valence-corrected chi connectivity index (χ2v) is 8.26. The Morgan fingerprint density at radius 3 is 2.79 bits per heavy atom. The summed E-state index contributed by atoms with van der Waals surface area (Å²) in [5, 5.41) is 3.09. The molecule has 8 heteroatoms. The molecule has 29 heavy (non-hydrogen) atoms. The van der Waals surface area contributed by atoms with Crippen molar-refractivity contribution in [2.24, 2.45) is 5.92 Å². The maximum atomic E-state index is 12.8. The number of rotatable bonds is 4. The number of piperidine rings is 1. The first kappa shape index (κ1) is 19.7. The summed E-state index contributed by atoms with van der Waals surface area (Å²) in [5.41, 5.74) is 1.08. The highest BCUT2D eigenvalue weighted by molar-refractivity contribution is 5.74. The van der Waals surface area contributed by atoms with Gasteiger partial charge in [0.2, 0.25) is 0 Å². The maximum absolute atomic E-state index is 12.8. The van der Waals surface area contributed by atoms with Crippen LogP contribution in [0.15, 0.2) is 37.1 Å². The van der Waals surface area contributed by atoms with Crippen LogP contribution in [0.4, 0.5) is 10.6 Å². The Labute approximate surface area is 172 Å². The van der Waals surface area contributed by atoms with Gasteiger partial charge in [-0.15, -0.1) is 0 Å². The molecule has 8 nitrogen and oxygen atoms in total. The standard InChI is InChI=1S/C21H31N7O/c1-17-4-7-27(15-19(17)28-8-6-22-16-28)21(29)24-14-18-3-5-23-20(13-18)26-11-9-25(2)10-12-26/h3,5-6,8,13,16-17,19H,4,7,9-12,14-15H2,1-2H3,(H,24,29). The van der Waals surface area contributed by atoms with Gasteiger partial charge in [0.15, 0.2) is 0 Å². The predicted octanol–water partition coefficient (Wildman–Crippen LogP) is 1.82. The Bertz CT molecular complexity index is 801. The molecule has 4 rings (SSSR count). The van der Waals surface area contributed by atoms with E-state index in [4.69, 9.17) is 0 Å². The van der Waals surface area contributed by atoms with Gasteiger partial charge in [0.25, 0.3) is 0 Å². The first-order valence-electron chi connectivity index (χ1n) is 10.5. The van der Waals surface area contributed by atoms with Crippen LogP contribution in [0, 0.1) is 5.92 Å². The highest BCUT2D eigenvalue weighted by Gasteiger charge is 2.29. The number of imidazole rings is 1. The van der Waals surface area contributed by atoms with E-state index in [9.17, 15) is 4.79 Å². The number of piperazine rings is 1. The van der Waals surface area contributed by atoms with Crippen LogP contribution in [0.2, 0.25) is 0 Å². The van der Waals surface area contributed by atoms with Gasteiger partial charge in [-0.05, 0) is 37.1 Å². The van der Waals surface area contributed by atoms with Crippen LogP contribution in [0.25, 0.3) is 0 Å². The molecule has 1 N–H and O–H groups in total. The Balaban J connectivity index is 1.33. The van der Waals surface area contributed by atoms with Crippen molar-refractivity contribution in [1.29, 1.82) is 0 Å². The molecule has 2 aromatic rings. The quantitative estimate of drug-likeness (QED) is 0.852. The second-order valence-electron chi connectivity index (χ2n) is 8.26. The van der Waals surface area contributed by atoms with E-state index >= 15 is 0 Å². The van der Waals surface area contributed by atoms with Gasteiger partial charge in [-0.3, -0.25) is 0 Å². The minimum Gasteiger partial charge on any atom is -0.354 e. The van der Waals surface area contributed by atoms with Crippen molar-refractivity contribution < 1.29 is 4.79 Å². The fourth-order valence-corrected chi connectivity index (χ4v) is 4.16. The highest BCUT2D eigenvalue weighted by atomic mass is 16.2. The number of urea groups is 1. The lowest BCUT2D eigenvalue weighted by molar-refractivity contribution is 0.140. The number of likely N-dealkylation sites (N-methyl/N-ethyl adjacent to an activating group) is 1. The van der Waals surface area contributed by atoms with Crippen LogP contribution in [0.5, 0.6) is 0 Å². The molecule has 2 fully saturated rings. The minimum atomic E-state index is -0.0000233. The minimum absolute atomic E-state index is 0.0000233. The molecule has 0 spiro atoms.